The molecule has 0 unspecified atom stereocenters. The minimum Gasteiger partial charge on any atom is -0.478 e. The zero-order valence-corrected chi connectivity index (χ0v) is 11.1. The highest BCUT2D eigenvalue weighted by molar-refractivity contribution is 5.85. The van der Waals surface area contributed by atoms with Crippen LogP contribution in [0.2, 0.25) is 0 Å². The third-order valence-corrected chi connectivity index (χ3v) is 2.92. The first-order chi connectivity index (χ1) is 10.3. The van der Waals surface area contributed by atoms with Gasteiger partial charge in [-0.2, -0.15) is 13.2 Å². The highest BCUT2D eigenvalue weighted by atomic mass is 19.4. The SMILES string of the molecule is O=C(O)C=Cc1cc(-c2cccc(C(F)(F)F)c2)ccc1F. The standard InChI is InChI=1S/C16H10F4O2/c17-14-6-4-11(8-12(14)5-7-15(21)22)10-2-1-3-13(9-10)16(18,19)20/h1-9H,(H,21,22). The van der Waals surface area contributed by atoms with Crippen molar-refractivity contribution in [2.45, 2.75) is 6.18 Å². The number of rotatable bonds is 3. The van der Waals surface area contributed by atoms with Crippen molar-refractivity contribution in [3.8, 4) is 11.1 Å². The minimum atomic E-state index is -4.47. The van der Waals surface area contributed by atoms with Crippen molar-refractivity contribution >= 4 is 12.0 Å². The van der Waals surface area contributed by atoms with E-state index in [1.54, 1.807) is 0 Å². The third-order valence-electron chi connectivity index (χ3n) is 2.92. The molecule has 1 N–H and O–H groups in total. The highest BCUT2D eigenvalue weighted by Crippen LogP contribution is 2.32. The number of carboxylic acids is 1. The van der Waals surface area contributed by atoms with Crippen LogP contribution in [-0.2, 0) is 11.0 Å². The molecule has 0 spiro atoms. The van der Waals surface area contributed by atoms with Crippen LogP contribution in [0.1, 0.15) is 11.1 Å². The summed E-state index contributed by atoms with van der Waals surface area (Å²) in [6.45, 7) is 0. The van der Waals surface area contributed by atoms with Crippen LogP contribution in [0.5, 0.6) is 0 Å². The summed E-state index contributed by atoms with van der Waals surface area (Å²) in [5.41, 5.74) is -0.202. The van der Waals surface area contributed by atoms with Gasteiger partial charge >= 0.3 is 12.1 Å². The van der Waals surface area contributed by atoms with Crippen LogP contribution in [0.4, 0.5) is 17.6 Å². The fraction of sp³-hybridized carbons (Fsp3) is 0.0625. The maximum atomic E-state index is 13.6. The number of carbonyl (C=O) groups is 1. The van der Waals surface area contributed by atoms with Crippen molar-refractivity contribution in [1.82, 2.24) is 0 Å². The van der Waals surface area contributed by atoms with Gasteiger partial charge in [0.2, 0.25) is 0 Å². The molecule has 0 aromatic heterocycles. The summed E-state index contributed by atoms with van der Waals surface area (Å²) in [7, 11) is 0. The van der Waals surface area contributed by atoms with Gasteiger partial charge in [-0.05, 0) is 41.5 Å². The molecule has 0 fully saturated rings. The molecule has 2 rings (SSSR count). The van der Waals surface area contributed by atoms with E-state index in [-0.39, 0.29) is 11.1 Å². The summed E-state index contributed by atoms with van der Waals surface area (Å²) in [4.78, 5) is 10.5. The number of alkyl halides is 3. The van der Waals surface area contributed by atoms with Crippen LogP contribution in [0.3, 0.4) is 0 Å². The van der Waals surface area contributed by atoms with Gasteiger partial charge in [-0.1, -0.05) is 18.2 Å². The second kappa shape index (κ2) is 6.01. The molecule has 0 saturated carbocycles. The maximum absolute atomic E-state index is 13.6. The van der Waals surface area contributed by atoms with Crippen LogP contribution in [0.15, 0.2) is 48.5 Å². The lowest BCUT2D eigenvalue weighted by Gasteiger charge is -2.09. The van der Waals surface area contributed by atoms with Crippen LogP contribution in [0, 0.1) is 5.82 Å². The predicted octanol–water partition coefficient (Wildman–Crippen LogP) is 4.61. The highest BCUT2D eigenvalue weighted by Gasteiger charge is 2.30. The van der Waals surface area contributed by atoms with E-state index in [0.29, 0.717) is 5.56 Å². The first-order valence-electron chi connectivity index (χ1n) is 6.15. The molecule has 0 aliphatic carbocycles. The molecule has 22 heavy (non-hydrogen) atoms. The number of aliphatic carboxylic acids is 1. The quantitative estimate of drug-likeness (QED) is 0.664. The second-order valence-electron chi connectivity index (χ2n) is 4.49. The maximum Gasteiger partial charge on any atom is 0.416 e. The van der Waals surface area contributed by atoms with Crippen LogP contribution in [0.25, 0.3) is 17.2 Å². The molecule has 2 nitrogen and oxygen atoms in total. The van der Waals surface area contributed by atoms with Gasteiger partial charge in [-0.3, -0.25) is 0 Å². The number of hydrogen-bond acceptors (Lipinski definition) is 1. The Morgan fingerprint density at radius 3 is 2.36 bits per heavy atom. The normalized spacial score (nSPS) is 11.8. The van der Waals surface area contributed by atoms with Crippen molar-refractivity contribution in [3.05, 3.63) is 65.5 Å². The van der Waals surface area contributed by atoms with Crippen LogP contribution >= 0.6 is 0 Å². The largest absolute Gasteiger partial charge is 0.478 e. The summed E-state index contributed by atoms with van der Waals surface area (Å²) in [5.74, 6) is -1.91. The summed E-state index contributed by atoms with van der Waals surface area (Å²) < 4.78 is 51.7. The molecule has 0 heterocycles. The molecule has 2 aromatic rings. The summed E-state index contributed by atoms with van der Waals surface area (Å²) in [6, 6.07) is 8.34. The third kappa shape index (κ3) is 3.72. The van der Waals surface area contributed by atoms with Gasteiger partial charge in [0.05, 0.1) is 5.56 Å². The molecule has 6 heteroatoms. The molecule has 0 saturated heterocycles. The van der Waals surface area contributed by atoms with Gasteiger partial charge in [0.25, 0.3) is 0 Å². The minimum absolute atomic E-state index is 0.0164. The average molecular weight is 310 g/mol. The van der Waals surface area contributed by atoms with E-state index in [1.807, 2.05) is 0 Å². The Bertz CT molecular complexity index is 733. The molecule has 0 aliphatic rings. The molecule has 0 amide bonds. The summed E-state index contributed by atoms with van der Waals surface area (Å²) >= 11 is 0. The molecular formula is C16H10F4O2. The molecule has 0 atom stereocenters. The Morgan fingerprint density at radius 2 is 1.73 bits per heavy atom. The Hall–Kier alpha value is -2.63. The van der Waals surface area contributed by atoms with Gasteiger partial charge in [-0.15, -0.1) is 0 Å². The van der Waals surface area contributed by atoms with Crippen molar-refractivity contribution < 1.29 is 27.5 Å². The molecule has 0 radical (unpaired) electrons. The van der Waals surface area contributed by atoms with E-state index in [9.17, 15) is 22.4 Å². The van der Waals surface area contributed by atoms with Crippen molar-refractivity contribution in [2.24, 2.45) is 0 Å². The Balaban J connectivity index is 2.45. The van der Waals surface area contributed by atoms with Gasteiger partial charge in [-0.25, -0.2) is 9.18 Å². The molecule has 0 aliphatic heterocycles. The van der Waals surface area contributed by atoms with Gasteiger partial charge in [0, 0.05) is 11.6 Å². The molecule has 0 bridgehead atoms. The smallest absolute Gasteiger partial charge is 0.416 e. The lowest BCUT2D eigenvalue weighted by molar-refractivity contribution is -0.137. The van der Waals surface area contributed by atoms with E-state index in [0.717, 1.165) is 30.4 Å². The van der Waals surface area contributed by atoms with Crippen molar-refractivity contribution in [3.63, 3.8) is 0 Å². The first kappa shape index (κ1) is 15.8. The Kier molecular flexibility index (Phi) is 4.30. The lowest BCUT2D eigenvalue weighted by Crippen LogP contribution is -2.04. The Labute approximate surface area is 123 Å². The Morgan fingerprint density at radius 1 is 1.05 bits per heavy atom. The molecule has 114 valence electrons. The predicted molar refractivity (Wildman–Crippen MR) is 73.5 cm³/mol. The van der Waals surface area contributed by atoms with Crippen LogP contribution in [-0.4, -0.2) is 11.1 Å². The van der Waals surface area contributed by atoms with E-state index in [2.05, 4.69) is 0 Å². The van der Waals surface area contributed by atoms with Crippen LogP contribution < -0.4 is 0 Å². The fourth-order valence-corrected chi connectivity index (χ4v) is 1.89. The summed E-state index contributed by atoms with van der Waals surface area (Å²) in [6.07, 6.45) is -2.66. The van der Waals surface area contributed by atoms with E-state index in [4.69, 9.17) is 5.11 Å². The average Bonchev–Trinajstić information content (AvgIpc) is 2.45. The number of benzene rings is 2. The van der Waals surface area contributed by atoms with E-state index in [1.165, 1.54) is 24.3 Å². The zero-order valence-electron chi connectivity index (χ0n) is 11.1. The summed E-state index contributed by atoms with van der Waals surface area (Å²) in [5, 5.41) is 8.54. The van der Waals surface area contributed by atoms with Crippen molar-refractivity contribution in [2.75, 3.05) is 0 Å². The number of carboxylic acid groups (broad SMARTS) is 1. The fourth-order valence-electron chi connectivity index (χ4n) is 1.89. The van der Waals surface area contributed by atoms with Gasteiger partial charge in [0.15, 0.2) is 0 Å². The van der Waals surface area contributed by atoms with Crippen molar-refractivity contribution in [1.29, 1.82) is 0 Å². The van der Waals surface area contributed by atoms with Gasteiger partial charge < -0.3 is 5.11 Å². The second-order valence-corrected chi connectivity index (χ2v) is 4.49. The molecule has 2 aromatic carbocycles. The van der Waals surface area contributed by atoms with E-state index < -0.39 is 23.5 Å². The topological polar surface area (TPSA) is 37.3 Å². The van der Waals surface area contributed by atoms with E-state index >= 15 is 0 Å². The number of hydrogen-bond donors (Lipinski definition) is 1. The molecular weight excluding hydrogens is 300 g/mol. The first-order valence-corrected chi connectivity index (χ1v) is 6.15. The zero-order chi connectivity index (χ0) is 16.3. The lowest BCUT2D eigenvalue weighted by atomic mass is 10.0. The van der Waals surface area contributed by atoms with Gasteiger partial charge in [0.1, 0.15) is 5.82 Å². The monoisotopic (exact) mass is 310 g/mol. The number of halogens is 4.